The molecule has 1 aromatic carbocycles. The van der Waals surface area contributed by atoms with Gasteiger partial charge in [-0.1, -0.05) is 15.9 Å². The second kappa shape index (κ2) is 5.79. The predicted molar refractivity (Wildman–Crippen MR) is 57.5 cm³/mol. The average Bonchev–Trinajstić information content (AvgIpc) is 2.16. The highest BCUT2D eigenvalue weighted by molar-refractivity contribution is 9.09. The molecule has 0 radical (unpaired) electrons. The first-order valence-electron chi connectivity index (χ1n) is 4.41. The molecule has 0 atom stereocenters. The molecule has 1 N–H and O–H groups in total. The Morgan fingerprint density at radius 2 is 2.19 bits per heavy atom. The van der Waals surface area contributed by atoms with Gasteiger partial charge in [0.2, 0.25) is 0 Å². The highest BCUT2D eigenvalue weighted by Gasteiger charge is 2.15. The molecule has 0 saturated heterocycles. The standard InChI is InChI=1S/C10H9BrF2O3/c11-4-3-8(15)7-2-1-6(14)5-9(7)16-10(12)13/h1-2,5,10,14H,3-4H2. The van der Waals surface area contributed by atoms with Crippen molar-refractivity contribution in [3.63, 3.8) is 0 Å². The Balaban J connectivity index is 3.02. The number of benzene rings is 1. The molecule has 0 heterocycles. The van der Waals surface area contributed by atoms with Crippen molar-refractivity contribution < 1.29 is 23.4 Å². The number of hydrogen-bond donors (Lipinski definition) is 1. The van der Waals surface area contributed by atoms with E-state index in [0.717, 1.165) is 6.07 Å². The highest BCUT2D eigenvalue weighted by Crippen LogP contribution is 2.26. The van der Waals surface area contributed by atoms with E-state index < -0.39 is 6.61 Å². The number of carbonyl (C=O) groups is 1. The van der Waals surface area contributed by atoms with Gasteiger partial charge in [-0.2, -0.15) is 8.78 Å². The van der Waals surface area contributed by atoms with Crippen LogP contribution in [-0.2, 0) is 0 Å². The molecule has 0 unspecified atom stereocenters. The maximum Gasteiger partial charge on any atom is 0.387 e. The van der Waals surface area contributed by atoms with Gasteiger partial charge in [0.1, 0.15) is 11.5 Å². The van der Waals surface area contributed by atoms with Crippen LogP contribution in [0.2, 0.25) is 0 Å². The molecule has 0 fully saturated rings. The minimum Gasteiger partial charge on any atom is -0.508 e. The molecule has 0 aliphatic carbocycles. The molecule has 0 amide bonds. The number of ether oxygens (including phenoxy) is 1. The number of ketones is 1. The number of phenolic OH excluding ortho intramolecular Hbond substituents is 1. The summed E-state index contributed by atoms with van der Waals surface area (Å²) in [5.41, 5.74) is 0.0394. The normalized spacial score (nSPS) is 10.5. The number of aromatic hydroxyl groups is 1. The summed E-state index contributed by atoms with van der Waals surface area (Å²) in [5.74, 6) is -0.862. The second-order valence-corrected chi connectivity index (χ2v) is 3.71. The number of carbonyl (C=O) groups excluding carboxylic acids is 1. The lowest BCUT2D eigenvalue weighted by atomic mass is 10.1. The van der Waals surface area contributed by atoms with Crippen LogP contribution in [0.3, 0.4) is 0 Å². The highest BCUT2D eigenvalue weighted by atomic mass is 79.9. The van der Waals surface area contributed by atoms with Gasteiger partial charge in [-0.25, -0.2) is 0 Å². The van der Waals surface area contributed by atoms with Crippen LogP contribution in [0.15, 0.2) is 18.2 Å². The smallest absolute Gasteiger partial charge is 0.387 e. The van der Waals surface area contributed by atoms with E-state index >= 15 is 0 Å². The first-order valence-corrected chi connectivity index (χ1v) is 5.53. The van der Waals surface area contributed by atoms with Crippen molar-refractivity contribution >= 4 is 21.7 Å². The minimum absolute atomic E-state index is 0.0394. The molecule has 0 bridgehead atoms. The van der Waals surface area contributed by atoms with Crippen molar-refractivity contribution in [2.75, 3.05) is 5.33 Å². The van der Waals surface area contributed by atoms with Gasteiger partial charge in [0.15, 0.2) is 5.78 Å². The second-order valence-electron chi connectivity index (χ2n) is 2.92. The Morgan fingerprint density at radius 3 is 2.75 bits per heavy atom. The molecule has 0 saturated carbocycles. The van der Waals surface area contributed by atoms with Crippen molar-refractivity contribution in [2.45, 2.75) is 13.0 Å². The van der Waals surface area contributed by atoms with E-state index in [2.05, 4.69) is 20.7 Å². The third kappa shape index (κ3) is 3.44. The topological polar surface area (TPSA) is 46.5 Å². The summed E-state index contributed by atoms with van der Waals surface area (Å²) in [5, 5.41) is 9.55. The van der Waals surface area contributed by atoms with E-state index in [0.29, 0.717) is 5.33 Å². The Hall–Kier alpha value is -1.17. The van der Waals surface area contributed by atoms with Crippen LogP contribution in [0.1, 0.15) is 16.8 Å². The van der Waals surface area contributed by atoms with E-state index in [-0.39, 0.29) is 29.3 Å². The van der Waals surface area contributed by atoms with Crippen LogP contribution in [0.5, 0.6) is 11.5 Å². The van der Waals surface area contributed by atoms with Crippen LogP contribution in [0, 0.1) is 0 Å². The van der Waals surface area contributed by atoms with E-state index in [4.69, 9.17) is 5.11 Å². The maximum absolute atomic E-state index is 12.1. The summed E-state index contributed by atoms with van der Waals surface area (Å²) in [4.78, 5) is 11.5. The molecule has 0 aliphatic rings. The zero-order valence-electron chi connectivity index (χ0n) is 8.12. The monoisotopic (exact) mass is 294 g/mol. The van der Waals surface area contributed by atoms with E-state index in [9.17, 15) is 13.6 Å². The van der Waals surface area contributed by atoms with Crippen molar-refractivity contribution in [1.29, 1.82) is 0 Å². The zero-order valence-corrected chi connectivity index (χ0v) is 9.71. The SMILES string of the molecule is O=C(CCBr)c1ccc(O)cc1OC(F)F. The fourth-order valence-corrected chi connectivity index (χ4v) is 1.52. The van der Waals surface area contributed by atoms with E-state index in [1.54, 1.807) is 0 Å². The van der Waals surface area contributed by atoms with Gasteiger partial charge >= 0.3 is 6.61 Å². The Labute approximate surface area is 99.2 Å². The lowest BCUT2D eigenvalue weighted by Crippen LogP contribution is -2.08. The quantitative estimate of drug-likeness (QED) is 0.671. The maximum atomic E-state index is 12.1. The van der Waals surface area contributed by atoms with Crippen LogP contribution in [0.25, 0.3) is 0 Å². The molecule has 1 rings (SSSR count). The number of rotatable bonds is 5. The number of alkyl halides is 3. The van der Waals surface area contributed by atoms with Crippen LogP contribution >= 0.6 is 15.9 Å². The zero-order chi connectivity index (χ0) is 12.1. The van der Waals surface area contributed by atoms with E-state index in [1.807, 2.05) is 0 Å². The molecule has 0 spiro atoms. The number of phenols is 1. The summed E-state index contributed by atoms with van der Waals surface area (Å²) >= 11 is 3.08. The molecule has 0 aromatic heterocycles. The lowest BCUT2D eigenvalue weighted by molar-refractivity contribution is -0.0502. The molecular weight excluding hydrogens is 286 g/mol. The van der Waals surface area contributed by atoms with Gasteiger partial charge < -0.3 is 9.84 Å². The first-order chi connectivity index (χ1) is 7.54. The molecule has 16 heavy (non-hydrogen) atoms. The number of Topliss-reactive ketones (excluding diaryl/α,β-unsaturated/α-hetero) is 1. The lowest BCUT2D eigenvalue weighted by Gasteiger charge is -2.09. The fraction of sp³-hybridized carbons (Fsp3) is 0.300. The van der Waals surface area contributed by atoms with Gasteiger partial charge in [0, 0.05) is 17.8 Å². The van der Waals surface area contributed by atoms with Crippen molar-refractivity contribution in [1.82, 2.24) is 0 Å². The van der Waals surface area contributed by atoms with Gasteiger partial charge in [0.25, 0.3) is 0 Å². The third-order valence-electron chi connectivity index (χ3n) is 1.80. The van der Waals surface area contributed by atoms with Crippen molar-refractivity contribution in [2.24, 2.45) is 0 Å². The van der Waals surface area contributed by atoms with Crippen molar-refractivity contribution in [3.8, 4) is 11.5 Å². The van der Waals surface area contributed by atoms with Gasteiger partial charge in [-0.3, -0.25) is 4.79 Å². The predicted octanol–water partition coefficient (Wildman–Crippen LogP) is 2.96. The van der Waals surface area contributed by atoms with Gasteiger partial charge in [-0.15, -0.1) is 0 Å². The Morgan fingerprint density at radius 1 is 1.50 bits per heavy atom. The fourth-order valence-electron chi connectivity index (χ4n) is 1.16. The molecule has 1 aromatic rings. The molecular formula is C10H9BrF2O3. The molecule has 0 aliphatic heterocycles. The first kappa shape index (κ1) is 12.9. The van der Waals surface area contributed by atoms with Crippen LogP contribution < -0.4 is 4.74 Å². The molecule has 88 valence electrons. The summed E-state index contributed by atoms with van der Waals surface area (Å²) in [6.45, 7) is -3.03. The number of hydrogen-bond acceptors (Lipinski definition) is 3. The molecule has 3 nitrogen and oxygen atoms in total. The largest absolute Gasteiger partial charge is 0.508 e. The van der Waals surface area contributed by atoms with Gasteiger partial charge in [-0.05, 0) is 12.1 Å². The van der Waals surface area contributed by atoms with E-state index in [1.165, 1.54) is 12.1 Å². The third-order valence-corrected chi connectivity index (χ3v) is 2.20. The summed E-state index contributed by atoms with van der Waals surface area (Å²) in [7, 11) is 0. The molecule has 6 heteroatoms. The average molecular weight is 295 g/mol. The Kier molecular flexibility index (Phi) is 4.67. The van der Waals surface area contributed by atoms with Crippen LogP contribution in [0.4, 0.5) is 8.78 Å². The van der Waals surface area contributed by atoms with Gasteiger partial charge in [0.05, 0.1) is 5.56 Å². The summed E-state index contributed by atoms with van der Waals surface area (Å²) in [6.07, 6.45) is 0.171. The Bertz CT molecular complexity index is 382. The van der Waals surface area contributed by atoms with Crippen LogP contribution in [-0.4, -0.2) is 22.8 Å². The minimum atomic E-state index is -3.03. The summed E-state index contributed by atoms with van der Waals surface area (Å²) in [6, 6.07) is 3.51. The van der Waals surface area contributed by atoms with Crippen molar-refractivity contribution in [3.05, 3.63) is 23.8 Å². The number of halogens is 3. The summed E-state index contributed by atoms with van der Waals surface area (Å²) < 4.78 is 28.3.